The van der Waals surface area contributed by atoms with E-state index in [0.29, 0.717) is 18.8 Å². The molecule has 2 unspecified atom stereocenters. The van der Waals surface area contributed by atoms with Gasteiger partial charge in [-0.15, -0.1) is 0 Å². The Kier molecular flexibility index (Phi) is 3.96. The van der Waals surface area contributed by atoms with Crippen molar-refractivity contribution >= 4 is 11.5 Å². The smallest absolute Gasteiger partial charge is 0.274 e. The predicted octanol–water partition coefficient (Wildman–Crippen LogP) is 0.491. The summed E-state index contributed by atoms with van der Waals surface area (Å²) in [5.74, 6) is 0.553. The summed E-state index contributed by atoms with van der Waals surface area (Å²) in [6.45, 7) is 1.24. The van der Waals surface area contributed by atoms with Crippen LogP contribution in [0.3, 0.4) is 0 Å². The Bertz CT molecular complexity index is 466. The van der Waals surface area contributed by atoms with Crippen LogP contribution < -0.4 is 4.90 Å². The van der Waals surface area contributed by atoms with E-state index in [1.165, 1.54) is 18.3 Å². The van der Waals surface area contributed by atoms with Crippen LogP contribution in [-0.2, 0) is 0 Å². The number of anilines is 1. The number of β-amino-alcohol motifs (C(OH)–C–C–N with tert-alkyl or cyclic N) is 1. The van der Waals surface area contributed by atoms with Gasteiger partial charge in [0, 0.05) is 31.4 Å². The Hall–Kier alpha value is -1.73. The highest BCUT2D eigenvalue weighted by Gasteiger charge is 2.32. The molecule has 0 spiro atoms. The zero-order valence-corrected chi connectivity index (χ0v) is 11.1. The lowest BCUT2D eigenvalue weighted by atomic mass is 10.2. The van der Waals surface area contributed by atoms with Crippen molar-refractivity contribution < 1.29 is 10.0 Å². The summed E-state index contributed by atoms with van der Waals surface area (Å²) in [6.07, 6.45) is 1.68. The molecule has 0 saturated carbocycles. The second-order valence-electron chi connectivity index (χ2n) is 5.09. The zero-order chi connectivity index (χ0) is 14.0. The third-order valence-electron chi connectivity index (χ3n) is 3.20. The first-order valence-electron chi connectivity index (χ1n) is 6.17. The highest BCUT2D eigenvalue weighted by molar-refractivity contribution is 5.48. The third kappa shape index (κ3) is 3.18. The minimum absolute atomic E-state index is 0.0231. The molecule has 0 aromatic carbocycles. The van der Waals surface area contributed by atoms with Gasteiger partial charge in [-0.1, -0.05) is 0 Å². The number of aliphatic hydroxyl groups is 1. The fraction of sp³-hybridized carbons (Fsp3) is 0.583. The fourth-order valence-electron chi connectivity index (χ4n) is 2.45. The van der Waals surface area contributed by atoms with Crippen LogP contribution in [0.2, 0.25) is 0 Å². The molecular formula is C12H18N4O3. The van der Waals surface area contributed by atoms with Gasteiger partial charge in [0.2, 0.25) is 0 Å². The van der Waals surface area contributed by atoms with Crippen molar-refractivity contribution in [2.75, 3.05) is 32.1 Å². The van der Waals surface area contributed by atoms with Gasteiger partial charge in [-0.25, -0.2) is 4.98 Å². The van der Waals surface area contributed by atoms with Gasteiger partial charge in [-0.3, -0.25) is 10.1 Å². The van der Waals surface area contributed by atoms with Crippen LogP contribution in [0.1, 0.15) is 6.42 Å². The zero-order valence-electron chi connectivity index (χ0n) is 11.1. The van der Waals surface area contributed by atoms with Crippen LogP contribution in [0.15, 0.2) is 18.3 Å². The first kappa shape index (κ1) is 13.7. The Morgan fingerprint density at radius 1 is 1.63 bits per heavy atom. The Labute approximate surface area is 111 Å². The lowest BCUT2D eigenvalue weighted by Crippen LogP contribution is -2.38. The maximum atomic E-state index is 10.8. The van der Waals surface area contributed by atoms with Crippen LogP contribution in [0.4, 0.5) is 11.5 Å². The molecule has 104 valence electrons. The summed E-state index contributed by atoms with van der Waals surface area (Å²) >= 11 is 0. The molecule has 7 heteroatoms. The maximum absolute atomic E-state index is 10.8. The summed E-state index contributed by atoms with van der Waals surface area (Å²) in [4.78, 5) is 18.5. The number of aromatic nitrogens is 1. The minimum atomic E-state index is -0.432. The van der Waals surface area contributed by atoms with E-state index in [2.05, 4.69) is 4.98 Å². The van der Waals surface area contributed by atoms with Crippen molar-refractivity contribution in [1.29, 1.82) is 0 Å². The van der Waals surface area contributed by atoms with Gasteiger partial charge in [0.1, 0.15) is 5.82 Å². The van der Waals surface area contributed by atoms with Gasteiger partial charge < -0.3 is 14.9 Å². The van der Waals surface area contributed by atoms with Crippen molar-refractivity contribution in [2.45, 2.75) is 18.6 Å². The molecule has 0 bridgehead atoms. The number of hydrogen-bond acceptors (Lipinski definition) is 6. The van der Waals surface area contributed by atoms with Crippen LogP contribution >= 0.6 is 0 Å². The van der Waals surface area contributed by atoms with Gasteiger partial charge in [-0.2, -0.15) is 0 Å². The molecule has 7 nitrogen and oxygen atoms in total. The summed E-state index contributed by atoms with van der Waals surface area (Å²) in [5, 5.41) is 20.6. The SMILES string of the molecule is CN(C)CC1CC(O)CN1c1cc([N+](=O)[O-])ccn1. The molecule has 1 aliphatic rings. The van der Waals surface area contributed by atoms with E-state index >= 15 is 0 Å². The van der Waals surface area contributed by atoms with Gasteiger partial charge in [0.15, 0.2) is 0 Å². The molecule has 19 heavy (non-hydrogen) atoms. The molecule has 1 N–H and O–H groups in total. The molecule has 2 atom stereocenters. The Balaban J connectivity index is 2.23. The van der Waals surface area contributed by atoms with Crippen LogP contribution in [0, 0.1) is 10.1 Å². The van der Waals surface area contributed by atoms with Crippen molar-refractivity contribution in [2.24, 2.45) is 0 Å². The number of rotatable bonds is 4. The number of hydrogen-bond donors (Lipinski definition) is 1. The highest BCUT2D eigenvalue weighted by atomic mass is 16.6. The normalized spacial score (nSPS) is 23.1. The van der Waals surface area contributed by atoms with Crippen molar-refractivity contribution in [1.82, 2.24) is 9.88 Å². The molecule has 0 amide bonds. The van der Waals surface area contributed by atoms with E-state index in [1.807, 2.05) is 23.9 Å². The molecule has 1 fully saturated rings. The first-order chi connectivity index (χ1) is 8.97. The lowest BCUT2D eigenvalue weighted by molar-refractivity contribution is -0.384. The highest BCUT2D eigenvalue weighted by Crippen LogP contribution is 2.26. The van der Waals surface area contributed by atoms with Crippen LogP contribution in [0.5, 0.6) is 0 Å². The second-order valence-corrected chi connectivity index (χ2v) is 5.09. The number of aliphatic hydroxyl groups excluding tert-OH is 1. The van der Waals surface area contributed by atoms with Crippen molar-refractivity contribution in [3.8, 4) is 0 Å². The Morgan fingerprint density at radius 3 is 3.00 bits per heavy atom. The minimum Gasteiger partial charge on any atom is -0.391 e. The third-order valence-corrected chi connectivity index (χ3v) is 3.20. The largest absolute Gasteiger partial charge is 0.391 e. The molecule has 2 heterocycles. The first-order valence-corrected chi connectivity index (χ1v) is 6.17. The quantitative estimate of drug-likeness (QED) is 0.631. The van der Waals surface area contributed by atoms with Gasteiger partial charge in [-0.05, 0) is 20.5 Å². The second kappa shape index (κ2) is 5.50. The number of likely N-dealkylation sites (N-methyl/N-ethyl adjacent to an activating group) is 1. The van der Waals surface area contributed by atoms with Crippen LogP contribution in [-0.4, -0.2) is 59.2 Å². The summed E-state index contributed by atoms with van der Waals surface area (Å²) < 4.78 is 0. The van der Waals surface area contributed by atoms with E-state index in [9.17, 15) is 15.2 Å². The van der Waals surface area contributed by atoms with Gasteiger partial charge in [0.25, 0.3) is 5.69 Å². The maximum Gasteiger partial charge on any atom is 0.274 e. The molecule has 1 saturated heterocycles. The molecule has 1 aromatic heterocycles. The van der Waals surface area contributed by atoms with E-state index in [4.69, 9.17) is 0 Å². The number of nitro groups is 1. The van der Waals surface area contributed by atoms with E-state index in [1.54, 1.807) is 0 Å². The summed E-state index contributed by atoms with van der Waals surface area (Å²) in [6, 6.07) is 2.96. The molecule has 0 radical (unpaired) electrons. The standard InChI is InChI=1S/C12H18N4O3/c1-14(2)7-10-5-11(17)8-15(10)12-6-9(16(18)19)3-4-13-12/h3-4,6,10-11,17H,5,7-8H2,1-2H3. The molecular weight excluding hydrogens is 248 g/mol. The Morgan fingerprint density at radius 2 is 2.37 bits per heavy atom. The average Bonchev–Trinajstić information content (AvgIpc) is 2.69. The van der Waals surface area contributed by atoms with Crippen LogP contribution in [0.25, 0.3) is 0 Å². The molecule has 0 aliphatic carbocycles. The van der Waals surface area contributed by atoms with Gasteiger partial charge in [0.05, 0.1) is 17.1 Å². The summed E-state index contributed by atoms with van der Waals surface area (Å²) in [7, 11) is 3.92. The van der Waals surface area contributed by atoms with E-state index in [-0.39, 0.29) is 11.7 Å². The molecule has 1 aliphatic heterocycles. The topological polar surface area (TPSA) is 82.7 Å². The molecule has 2 rings (SSSR count). The lowest BCUT2D eigenvalue weighted by Gasteiger charge is -2.27. The van der Waals surface area contributed by atoms with E-state index < -0.39 is 11.0 Å². The average molecular weight is 266 g/mol. The number of nitrogens with zero attached hydrogens (tertiary/aromatic N) is 4. The predicted molar refractivity (Wildman–Crippen MR) is 71.2 cm³/mol. The number of pyridine rings is 1. The fourth-order valence-corrected chi connectivity index (χ4v) is 2.45. The van der Waals surface area contributed by atoms with Crippen molar-refractivity contribution in [3.05, 3.63) is 28.4 Å². The molecule has 1 aromatic rings. The van der Waals surface area contributed by atoms with Crippen molar-refractivity contribution in [3.63, 3.8) is 0 Å². The summed E-state index contributed by atoms with van der Waals surface area (Å²) in [5.41, 5.74) is 0.0231. The van der Waals surface area contributed by atoms with Gasteiger partial charge >= 0.3 is 0 Å². The van der Waals surface area contributed by atoms with E-state index in [0.717, 1.165) is 6.54 Å². The monoisotopic (exact) mass is 266 g/mol.